The van der Waals surface area contributed by atoms with Gasteiger partial charge in [0.1, 0.15) is 18.4 Å². The molecule has 0 saturated carbocycles. The van der Waals surface area contributed by atoms with Crippen molar-refractivity contribution in [2.75, 3.05) is 0 Å². The monoisotopic (exact) mass is 281 g/mol. The van der Waals surface area contributed by atoms with Crippen LogP contribution in [0.4, 0.5) is 0 Å². The van der Waals surface area contributed by atoms with Gasteiger partial charge in [-0.2, -0.15) is 5.26 Å². The van der Waals surface area contributed by atoms with Gasteiger partial charge in [-0.25, -0.2) is 4.79 Å². The van der Waals surface area contributed by atoms with Crippen molar-refractivity contribution in [2.24, 2.45) is 0 Å². The van der Waals surface area contributed by atoms with Crippen LogP contribution in [0.1, 0.15) is 22.8 Å². The summed E-state index contributed by atoms with van der Waals surface area (Å²) >= 11 is 0. The summed E-state index contributed by atoms with van der Waals surface area (Å²) in [5.41, 5.74) is 1.47. The Kier molecular flexibility index (Phi) is 4.94. The molecule has 2 rings (SSSR count). The van der Waals surface area contributed by atoms with Gasteiger partial charge in [0.15, 0.2) is 6.10 Å². The zero-order valence-electron chi connectivity index (χ0n) is 11.7. The molecule has 4 heteroatoms. The molecule has 2 aromatic rings. The van der Waals surface area contributed by atoms with Crippen LogP contribution in [0.25, 0.3) is 0 Å². The number of rotatable bonds is 5. The summed E-state index contributed by atoms with van der Waals surface area (Å²) in [7, 11) is 0. The minimum atomic E-state index is -0.758. The van der Waals surface area contributed by atoms with Crippen molar-refractivity contribution < 1.29 is 14.3 Å². The molecule has 2 aromatic carbocycles. The van der Waals surface area contributed by atoms with Crippen LogP contribution in [0.5, 0.6) is 5.75 Å². The molecule has 0 aliphatic heterocycles. The molecule has 0 fully saturated rings. The molecule has 0 aromatic heterocycles. The number of benzene rings is 2. The van der Waals surface area contributed by atoms with Crippen molar-refractivity contribution >= 4 is 5.97 Å². The molecule has 0 spiro atoms. The first-order chi connectivity index (χ1) is 10.2. The summed E-state index contributed by atoms with van der Waals surface area (Å²) in [6.07, 6.45) is -0.758. The summed E-state index contributed by atoms with van der Waals surface area (Å²) in [4.78, 5) is 11.7. The smallest absolute Gasteiger partial charge is 0.339 e. The van der Waals surface area contributed by atoms with Gasteiger partial charge in [-0.05, 0) is 36.8 Å². The minimum Gasteiger partial charge on any atom is -0.489 e. The van der Waals surface area contributed by atoms with Crippen LogP contribution in [-0.4, -0.2) is 12.1 Å². The number of hydrogen-bond acceptors (Lipinski definition) is 4. The SMILES string of the molecule is C[C@@H](C#N)OC(=O)c1ccc(OCc2ccccc2)cc1. The van der Waals surface area contributed by atoms with Gasteiger partial charge in [0.2, 0.25) is 0 Å². The fourth-order valence-corrected chi connectivity index (χ4v) is 1.68. The van der Waals surface area contributed by atoms with E-state index >= 15 is 0 Å². The lowest BCUT2D eigenvalue weighted by molar-refractivity contribution is 0.0435. The van der Waals surface area contributed by atoms with E-state index in [9.17, 15) is 4.79 Å². The molecule has 0 aliphatic carbocycles. The highest BCUT2D eigenvalue weighted by Gasteiger charge is 2.11. The van der Waals surface area contributed by atoms with Crippen molar-refractivity contribution in [2.45, 2.75) is 19.6 Å². The lowest BCUT2D eigenvalue weighted by Gasteiger charge is -2.08. The van der Waals surface area contributed by atoms with Crippen LogP contribution < -0.4 is 4.74 Å². The van der Waals surface area contributed by atoms with Gasteiger partial charge < -0.3 is 9.47 Å². The van der Waals surface area contributed by atoms with Crippen LogP contribution in [0.3, 0.4) is 0 Å². The molecule has 0 bridgehead atoms. The van der Waals surface area contributed by atoms with Gasteiger partial charge in [0, 0.05) is 0 Å². The second-order valence-corrected chi connectivity index (χ2v) is 4.48. The molecule has 106 valence electrons. The fourth-order valence-electron chi connectivity index (χ4n) is 1.68. The number of carbonyl (C=O) groups excluding carboxylic acids is 1. The van der Waals surface area contributed by atoms with Crippen LogP contribution in [0.2, 0.25) is 0 Å². The Morgan fingerprint density at radius 3 is 2.43 bits per heavy atom. The van der Waals surface area contributed by atoms with Crippen LogP contribution >= 0.6 is 0 Å². The third-order valence-corrected chi connectivity index (χ3v) is 2.80. The first kappa shape index (κ1) is 14.6. The summed E-state index contributed by atoms with van der Waals surface area (Å²) in [6, 6.07) is 18.3. The summed E-state index contributed by atoms with van der Waals surface area (Å²) in [6.45, 7) is 1.99. The van der Waals surface area contributed by atoms with Crippen molar-refractivity contribution in [1.29, 1.82) is 5.26 Å². The Hall–Kier alpha value is -2.80. The maximum atomic E-state index is 11.7. The lowest BCUT2D eigenvalue weighted by Crippen LogP contribution is -2.12. The van der Waals surface area contributed by atoms with E-state index < -0.39 is 12.1 Å². The van der Waals surface area contributed by atoms with E-state index in [1.54, 1.807) is 24.3 Å². The molecule has 0 saturated heterocycles. The molecule has 0 heterocycles. The molecule has 0 unspecified atom stereocenters. The fraction of sp³-hybridized carbons (Fsp3) is 0.176. The Balaban J connectivity index is 1.93. The summed E-state index contributed by atoms with van der Waals surface area (Å²) in [5, 5.41) is 8.61. The zero-order chi connectivity index (χ0) is 15.1. The van der Waals surface area contributed by atoms with Gasteiger partial charge in [-0.15, -0.1) is 0 Å². The highest BCUT2D eigenvalue weighted by atomic mass is 16.5. The first-order valence-corrected chi connectivity index (χ1v) is 6.56. The van der Waals surface area contributed by atoms with Crippen molar-refractivity contribution in [3.05, 3.63) is 65.7 Å². The predicted octanol–water partition coefficient (Wildman–Crippen LogP) is 3.33. The number of carbonyl (C=O) groups is 1. The quantitative estimate of drug-likeness (QED) is 0.789. The van der Waals surface area contributed by atoms with E-state index in [0.29, 0.717) is 17.9 Å². The molecular formula is C17H15NO3. The molecule has 1 atom stereocenters. The summed E-state index contributed by atoms with van der Waals surface area (Å²) in [5.74, 6) is 0.155. The minimum absolute atomic E-state index is 0.393. The number of hydrogen-bond donors (Lipinski definition) is 0. The van der Waals surface area contributed by atoms with E-state index in [1.807, 2.05) is 36.4 Å². The topological polar surface area (TPSA) is 59.3 Å². The largest absolute Gasteiger partial charge is 0.489 e. The van der Waals surface area contributed by atoms with Gasteiger partial charge in [-0.1, -0.05) is 30.3 Å². The van der Waals surface area contributed by atoms with Gasteiger partial charge >= 0.3 is 5.97 Å². The lowest BCUT2D eigenvalue weighted by atomic mass is 10.2. The molecule has 0 N–H and O–H groups in total. The summed E-state index contributed by atoms with van der Waals surface area (Å²) < 4.78 is 10.5. The van der Waals surface area contributed by atoms with Crippen molar-refractivity contribution in [3.8, 4) is 11.8 Å². The van der Waals surface area contributed by atoms with E-state index in [-0.39, 0.29) is 0 Å². The Morgan fingerprint density at radius 2 is 1.81 bits per heavy atom. The average Bonchev–Trinajstić information content (AvgIpc) is 2.54. The van der Waals surface area contributed by atoms with E-state index in [4.69, 9.17) is 14.7 Å². The molecule has 0 radical (unpaired) electrons. The number of nitriles is 1. The van der Waals surface area contributed by atoms with Gasteiger partial charge in [-0.3, -0.25) is 0 Å². The van der Waals surface area contributed by atoms with Crippen molar-refractivity contribution in [3.63, 3.8) is 0 Å². The van der Waals surface area contributed by atoms with Gasteiger partial charge in [0.25, 0.3) is 0 Å². The molecule has 4 nitrogen and oxygen atoms in total. The van der Waals surface area contributed by atoms with E-state index in [1.165, 1.54) is 6.92 Å². The normalized spacial score (nSPS) is 11.2. The molecular weight excluding hydrogens is 266 g/mol. The number of ether oxygens (including phenoxy) is 2. The van der Waals surface area contributed by atoms with Crippen LogP contribution in [0, 0.1) is 11.3 Å². The van der Waals surface area contributed by atoms with Crippen molar-refractivity contribution in [1.82, 2.24) is 0 Å². The molecule has 21 heavy (non-hydrogen) atoms. The van der Waals surface area contributed by atoms with E-state index in [0.717, 1.165) is 5.56 Å². The Morgan fingerprint density at radius 1 is 1.14 bits per heavy atom. The Bertz CT molecular complexity index is 629. The maximum Gasteiger partial charge on any atom is 0.339 e. The Labute approximate surface area is 123 Å². The van der Waals surface area contributed by atoms with Gasteiger partial charge in [0.05, 0.1) is 5.56 Å². The molecule has 0 aliphatic rings. The highest BCUT2D eigenvalue weighted by molar-refractivity contribution is 5.89. The average molecular weight is 281 g/mol. The number of esters is 1. The second-order valence-electron chi connectivity index (χ2n) is 4.48. The van der Waals surface area contributed by atoms with E-state index in [2.05, 4.69) is 0 Å². The third-order valence-electron chi connectivity index (χ3n) is 2.80. The first-order valence-electron chi connectivity index (χ1n) is 6.56. The maximum absolute atomic E-state index is 11.7. The third kappa shape index (κ3) is 4.36. The molecule has 0 amide bonds. The standard InChI is InChI=1S/C17H15NO3/c1-13(11-18)21-17(19)15-7-9-16(10-8-15)20-12-14-5-3-2-4-6-14/h2-10,13H,12H2,1H3/t13-/m0/s1. The second kappa shape index (κ2) is 7.11. The van der Waals surface area contributed by atoms with Crippen LogP contribution in [0.15, 0.2) is 54.6 Å². The zero-order valence-corrected chi connectivity index (χ0v) is 11.7. The predicted molar refractivity (Wildman–Crippen MR) is 77.7 cm³/mol. The number of nitrogens with zero attached hydrogens (tertiary/aromatic N) is 1. The highest BCUT2D eigenvalue weighted by Crippen LogP contribution is 2.15. The van der Waals surface area contributed by atoms with Crippen LogP contribution in [-0.2, 0) is 11.3 Å².